The molecule has 1 aliphatic rings. The van der Waals surface area contributed by atoms with Crippen molar-refractivity contribution in [2.45, 2.75) is 6.04 Å². The minimum absolute atomic E-state index is 0.206. The number of anilines is 1. The molecular weight excluding hydrogens is 237 g/mol. The third kappa shape index (κ3) is 2.13. The number of hydrogen-bond donors (Lipinski definition) is 1. The molecule has 1 N–H and O–H groups in total. The molecule has 0 saturated carbocycles. The number of urea groups is 1. The minimum atomic E-state index is -0.521. The zero-order valence-corrected chi connectivity index (χ0v) is 10.2. The molecule has 0 aromatic heterocycles. The van der Waals surface area contributed by atoms with Crippen molar-refractivity contribution in [3.05, 3.63) is 30.1 Å². The van der Waals surface area contributed by atoms with Crippen molar-refractivity contribution < 1.29 is 14.0 Å². The maximum Gasteiger partial charge on any atom is 0.317 e. The molecule has 0 spiro atoms. The van der Waals surface area contributed by atoms with Gasteiger partial charge in [0.2, 0.25) is 0 Å². The van der Waals surface area contributed by atoms with Crippen molar-refractivity contribution in [3.63, 3.8) is 0 Å². The van der Waals surface area contributed by atoms with E-state index in [0.717, 1.165) is 0 Å². The second-order valence-electron chi connectivity index (χ2n) is 4.19. The van der Waals surface area contributed by atoms with E-state index in [9.17, 15) is 14.0 Å². The smallest absolute Gasteiger partial charge is 0.317 e. The quantitative estimate of drug-likeness (QED) is 0.845. The van der Waals surface area contributed by atoms with E-state index in [1.54, 1.807) is 14.1 Å². The molecule has 0 bridgehead atoms. The van der Waals surface area contributed by atoms with E-state index in [2.05, 4.69) is 5.32 Å². The van der Waals surface area contributed by atoms with E-state index in [0.29, 0.717) is 12.2 Å². The molecule has 1 aromatic carbocycles. The van der Waals surface area contributed by atoms with Crippen molar-refractivity contribution >= 4 is 17.6 Å². The highest BCUT2D eigenvalue weighted by Gasteiger charge is 2.35. The molecule has 1 unspecified atom stereocenters. The number of rotatable bonds is 2. The minimum Gasteiger partial charge on any atom is -0.335 e. The fraction of sp³-hybridized carbons (Fsp3) is 0.333. The predicted octanol–water partition coefficient (Wildman–Crippen LogP) is 0.812. The Bertz CT molecular complexity index is 475. The molecular formula is C12H14FN3O2. The van der Waals surface area contributed by atoms with Gasteiger partial charge in [-0.15, -0.1) is 0 Å². The van der Waals surface area contributed by atoms with Gasteiger partial charge >= 0.3 is 6.03 Å². The molecule has 1 atom stereocenters. The maximum absolute atomic E-state index is 12.8. The first-order chi connectivity index (χ1) is 8.50. The van der Waals surface area contributed by atoms with Crippen molar-refractivity contribution in [1.29, 1.82) is 0 Å². The predicted molar refractivity (Wildman–Crippen MR) is 64.8 cm³/mol. The van der Waals surface area contributed by atoms with Crippen LogP contribution in [0, 0.1) is 5.82 Å². The van der Waals surface area contributed by atoms with E-state index in [1.165, 1.54) is 34.1 Å². The monoisotopic (exact) mass is 251 g/mol. The Hall–Kier alpha value is -2.11. The molecule has 1 aliphatic heterocycles. The van der Waals surface area contributed by atoms with Gasteiger partial charge in [-0.1, -0.05) is 0 Å². The number of carbonyl (C=O) groups excluding carboxylic acids is 2. The zero-order chi connectivity index (χ0) is 13.3. The summed E-state index contributed by atoms with van der Waals surface area (Å²) in [6.07, 6.45) is 0. The van der Waals surface area contributed by atoms with Gasteiger partial charge in [-0.05, 0) is 24.3 Å². The summed E-state index contributed by atoms with van der Waals surface area (Å²) in [4.78, 5) is 26.3. The van der Waals surface area contributed by atoms with Crippen molar-refractivity contribution in [2.75, 3.05) is 25.5 Å². The molecule has 3 amide bonds. The highest BCUT2D eigenvalue weighted by Crippen LogP contribution is 2.16. The summed E-state index contributed by atoms with van der Waals surface area (Å²) in [7, 11) is 3.18. The standard InChI is InChI=1S/C12H14FN3O2/c1-15(9-5-3-8(13)4-6-9)11(17)10-7-14-12(18)16(10)2/h3-6,10H,7H2,1-2H3,(H,14,18). The van der Waals surface area contributed by atoms with E-state index >= 15 is 0 Å². The Balaban J connectivity index is 2.14. The first kappa shape index (κ1) is 12.3. The van der Waals surface area contributed by atoms with Gasteiger partial charge in [0.25, 0.3) is 5.91 Å². The number of hydrogen-bond acceptors (Lipinski definition) is 2. The molecule has 0 radical (unpaired) electrons. The second-order valence-corrected chi connectivity index (χ2v) is 4.19. The summed E-state index contributed by atoms with van der Waals surface area (Å²) >= 11 is 0. The van der Waals surface area contributed by atoms with Crippen molar-refractivity contribution in [1.82, 2.24) is 10.2 Å². The fourth-order valence-corrected chi connectivity index (χ4v) is 1.86. The third-order valence-electron chi connectivity index (χ3n) is 3.06. The van der Waals surface area contributed by atoms with Crippen LogP contribution in [0.4, 0.5) is 14.9 Å². The van der Waals surface area contributed by atoms with Gasteiger partial charge < -0.3 is 15.1 Å². The van der Waals surface area contributed by atoms with Crippen LogP contribution in [0.5, 0.6) is 0 Å². The van der Waals surface area contributed by atoms with Crippen LogP contribution in [0.2, 0.25) is 0 Å². The fourth-order valence-electron chi connectivity index (χ4n) is 1.86. The lowest BCUT2D eigenvalue weighted by atomic mass is 10.2. The van der Waals surface area contributed by atoms with Gasteiger partial charge in [0.1, 0.15) is 11.9 Å². The molecule has 18 heavy (non-hydrogen) atoms. The summed E-state index contributed by atoms with van der Waals surface area (Å²) in [5.41, 5.74) is 0.592. The van der Waals surface area contributed by atoms with Crippen LogP contribution in [0.3, 0.4) is 0 Å². The van der Waals surface area contributed by atoms with Gasteiger partial charge in [0.15, 0.2) is 0 Å². The van der Waals surface area contributed by atoms with Crippen LogP contribution in [0.1, 0.15) is 0 Å². The Labute approximate surface area is 104 Å². The lowest BCUT2D eigenvalue weighted by Gasteiger charge is -2.24. The molecule has 1 heterocycles. The normalized spacial score (nSPS) is 18.7. The highest BCUT2D eigenvalue weighted by atomic mass is 19.1. The van der Waals surface area contributed by atoms with E-state index in [-0.39, 0.29) is 17.8 Å². The van der Waals surface area contributed by atoms with Crippen LogP contribution >= 0.6 is 0 Å². The van der Waals surface area contributed by atoms with Crippen LogP contribution in [0.15, 0.2) is 24.3 Å². The zero-order valence-electron chi connectivity index (χ0n) is 10.2. The maximum atomic E-state index is 12.8. The molecule has 6 heteroatoms. The Morgan fingerprint density at radius 1 is 1.44 bits per heavy atom. The van der Waals surface area contributed by atoms with Crippen molar-refractivity contribution in [2.24, 2.45) is 0 Å². The number of nitrogens with zero attached hydrogens (tertiary/aromatic N) is 2. The number of amides is 3. The summed E-state index contributed by atoms with van der Waals surface area (Å²) in [6, 6.07) is 4.85. The Kier molecular flexibility index (Phi) is 3.18. The van der Waals surface area contributed by atoms with E-state index < -0.39 is 6.04 Å². The third-order valence-corrected chi connectivity index (χ3v) is 3.06. The SMILES string of the molecule is CN(C(=O)C1CNC(=O)N1C)c1ccc(F)cc1. The van der Waals surface area contributed by atoms with Crippen LogP contribution < -0.4 is 10.2 Å². The van der Waals surface area contributed by atoms with Crippen LogP contribution in [0.25, 0.3) is 0 Å². The summed E-state index contributed by atoms with van der Waals surface area (Å²) in [6.45, 7) is 0.291. The molecule has 5 nitrogen and oxygen atoms in total. The van der Waals surface area contributed by atoms with Gasteiger partial charge in [-0.25, -0.2) is 9.18 Å². The number of carbonyl (C=O) groups is 2. The molecule has 1 saturated heterocycles. The molecule has 2 rings (SSSR count). The van der Waals surface area contributed by atoms with Crippen LogP contribution in [-0.4, -0.2) is 43.5 Å². The summed E-state index contributed by atoms with van der Waals surface area (Å²) < 4.78 is 12.8. The van der Waals surface area contributed by atoms with Gasteiger partial charge in [0, 0.05) is 26.3 Å². The second kappa shape index (κ2) is 4.64. The Morgan fingerprint density at radius 2 is 2.06 bits per heavy atom. The topological polar surface area (TPSA) is 52.7 Å². The summed E-state index contributed by atoms with van der Waals surface area (Å²) in [5, 5.41) is 2.60. The average molecular weight is 251 g/mol. The molecule has 0 aliphatic carbocycles. The van der Waals surface area contributed by atoms with Gasteiger partial charge in [0.05, 0.1) is 0 Å². The average Bonchev–Trinajstić information content (AvgIpc) is 2.69. The first-order valence-electron chi connectivity index (χ1n) is 5.54. The molecule has 96 valence electrons. The Morgan fingerprint density at radius 3 is 2.56 bits per heavy atom. The largest absolute Gasteiger partial charge is 0.335 e. The lowest BCUT2D eigenvalue weighted by Crippen LogP contribution is -2.44. The van der Waals surface area contributed by atoms with Gasteiger partial charge in [-0.2, -0.15) is 0 Å². The number of nitrogens with one attached hydrogen (secondary N) is 1. The highest BCUT2D eigenvalue weighted by molar-refractivity contribution is 6.00. The number of likely N-dealkylation sites (N-methyl/N-ethyl adjacent to an activating group) is 2. The van der Waals surface area contributed by atoms with Gasteiger partial charge in [-0.3, -0.25) is 4.79 Å². The first-order valence-corrected chi connectivity index (χ1v) is 5.54. The summed E-state index contributed by atoms with van der Waals surface area (Å²) in [5.74, 6) is -0.558. The molecule has 1 fully saturated rings. The number of halogens is 1. The van der Waals surface area contributed by atoms with E-state index in [1.807, 2.05) is 0 Å². The van der Waals surface area contributed by atoms with Crippen molar-refractivity contribution in [3.8, 4) is 0 Å². The van der Waals surface area contributed by atoms with Crippen LogP contribution in [-0.2, 0) is 4.79 Å². The number of benzene rings is 1. The molecule has 1 aromatic rings. The van der Waals surface area contributed by atoms with E-state index in [4.69, 9.17) is 0 Å². The lowest BCUT2D eigenvalue weighted by molar-refractivity contribution is -0.121.